The third-order valence-electron chi connectivity index (χ3n) is 4.19. The lowest BCUT2D eigenvalue weighted by Gasteiger charge is -2.14. The normalized spacial score (nSPS) is 15.6. The van der Waals surface area contributed by atoms with Gasteiger partial charge in [0.05, 0.1) is 5.69 Å². The van der Waals surface area contributed by atoms with Gasteiger partial charge in [-0.3, -0.25) is 4.79 Å². The van der Waals surface area contributed by atoms with Gasteiger partial charge in [0.25, 0.3) is 5.91 Å². The SMILES string of the molecule is Cc1ccc(-n2cccn2)cc1NC(=O)C1Cc2ccccc2O1. The highest BCUT2D eigenvalue weighted by atomic mass is 16.5. The smallest absolute Gasteiger partial charge is 0.265 e. The number of nitrogens with zero attached hydrogens (tertiary/aromatic N) is 2. The van der Waals surface area contributed by atoms with Gasteiger partial charge >= 0.3 is 0 Å². The summed E-state index contributed by atoms with van der Waals surface area (Å²) in [6.07, 6.45) is 3.70. The number of anilines is 1. The quantitative estimate of drug-likeness (QED) is 0.807. The number of benzene rings is 2. The van der Waals surface area contributed by atoms with Gasteiger partial charge in [0.2, 0.25) is 0 Å². The Morgan fingerprint density at radius 2 is 2.12 bits per heavy atom. The van der Waals surface area contributed by atoms with Gasteiger partial charge in [-0.05, 0) is 42.3 Å². The van der Waals surface area contributed by atoms with Crippen LogP contribution in [0.1, 0.15) is 11.1 Å². The second-order valence-electron chi connectivity index (χ2n) is 5.86. The van der Waals surface area contributed by atoms with Gasteiger partial charge < -0.3 is 10.1 Å². The molecule has 5 nitrogen and oxygen atoms in total. The summed E-state index contributed by atoms with van der Waals surface area (Å²) in [4.78, 5) is 12.6. The third-order valence-corrected chi connectivity index (χ3v) is 4.19. The van der Waals surface area contributed by atoms with Crippen LogP contribution in [0.3, 0.4) is 0 Å². The van der Waals surface area contributed by atoms with Gasteiger partial charge in [-0.15, -0.1) is 0 Å². The van der Waals surface area contributed by atoms with Gasteiger partial charge in [-0.2, -0.15) is 5.10 Å². The molecule has 120 valence electrons. The molecule has 0 aliphatic carbocycles. The van der Waals surface area contributed by atoms with E-state index in [1.54, 1.807) is 10.9 Å². The first-order chi connectivity index (χ1) is 11.7. The summed E-state index contributed by atoms with van der Waals surface area (Å²) in [6, 6.07) is 15.5. The molecule has 0 fully saturated rings. The number of hydrogen-bond acceptors (Lipinski definition) is 3. The van der Waals surface area contributed by atoms with Crippen LogP contribution in [0.2, 0.25) is 0 Å². The standard InChI is InChI=1S/C19H17N3O2/c1-13-7-8-15(22-10-4-9-20-22)12-16(13)21-19(23)18-11-14-5-2-3-6-17(14)24-18/h2-10,12,18H,11H2,1H3,(H,21,23). The molecule has 2 aromatic carbocycles. The fourth-order valence-corrected chi connectivity index (χ4v) is 2.85. The molecule has 1 aliphatic rings. The summed E-state index contributed by atoms with van der Waals surface area (Å²) in [6.45, 7) is 1.97. The van der Waals surface area contributed by atoms with Crippen molar-refractivity contribution >= 4 is 11.6 Å². The summed E-state index contributed by atoms with van der Waals surface area (Å²) >= 11 is 0. The highest BCUT2D eigenvalue weighted by Gasteiger charge is 2.29. The van der Waals surface area contributed by atoms with E-state index in [1.165, 1.54) is 0 Å². The average Bonchev–Trinajstić information content (AvgIpc) is 3.26. The van der Waals surface area contributed by atoms with Crippen molar-refractivity contribution in [3.8, 4) is 11.4 Å². The first-order valence-electron chi connectivity index (χ1n) is 7.87. The van der Waals surface area contributed by atoms with Crippen LogP contribution in [0.4, 0.5) is 5.69 Å². The zero-order chi connectivity index (χ0) is 16.5. The van der Waals surface area contributed by atoms with Crippen molar-refractivity contribution in [1.82, 2.24) is 9.78 Å². The van der Waals surface area contributed by atoms with Crippen molar-refractivity contribution in [3.05, 3.63) is 72.1 Å². The van der Waals surface area contributed by atoms with Crippen molar-refractivity contribution in [3.63, 3.8) is 0 Å². The highest BCUT2D eigenvalue weighted by Crippen LogP contribution is 2.29. The molecule has 0 bridgehead atoms. The minimum Gasteiger partial charge on any atom is -0.480 e. The van der Waals surface area contributed by atoms with E-state index < -0.39 is 6.10 Å². The molecule has 1 unspecified atom stereocenters. The molecule has 0 saturated heterocycles. The van der Waals surface area contributed by atoms with Gasteiger partial charge in [-0.25, -0.2) is 4.68 Å². The topological polar surface area (TPSA) is 56.2 Å². The Labute approximate surface area is 139 Å². The maximum Gasteiger partial charge on any atom is 0.265 e. The molecule has 1 atom stereocenters. The molecule has 3 aromatic rings. The Bertz CT molecular complexity index is 862. The number of para-hydroxylation sites is 1. The Morgan fingerprint density at radius 3 is 2.92 bits per heavy atom. The number of carbonyl (C=O) groups excluding carboxylic acids is 1. The molecule has 0 radical (unpaired) electrons. The van der Waals surface area contributed by atoms with E-state index in [0.29, 0.717) is 6.42 Å². The number of nitrogens with one attached hydrogen (secondary N) is 1. The lowest BCUT2D eigenvalue weighted by Crippen LogP contribution is -2.31. The van der Waals surface area contributed by atoms with Crippen molar-refractivity contribution < 1.29 is 9.53 Å². The summed E-state index contributed by atoms with van der Waals surface area (Å²) in [5, 5.41) is 7.20. The number of aromatic nitrogens is 2. The zero-order valence-electron chi connectivity index (χ0n) is 13.3. The third kappa shape index (κ3) is 2.65. The first kappa shape index (κ1) is 14.5. The van der Waals surface area contributed by atoms with Crippen molar-refractivity contribution in [2.45, 2.75) is 19.4 Å². The van der Waals surface area contributed by atoms with Crippen LogP contribution >= 0.6 is 0 Å². The van der Waals surface area contributed by atoms with Crippen molar-refractivity contribution in [2.75, 3.05) is 5.32 Å². The molecule has 5 heteroatoms. The predicted octanol–water partition coefficient (Wildman–Crippen LogP) is 3.12. The van der Waals surface area contributed by atoms with E-state index in [0.717, 1.165) is 28.3 Å². The van der Waals surface area contributed by atoms with Crippen LogP contribution in [-0.4, -0.2) is 21.8 Å². The Hall–Kier alpha value is -3.08. The Kier molecular flexibility index (Phi) is 3.54. The molecule has 24 heavy (non-hydrogen) atoms. The molecule has 1 aliphatic heterocycles. The molecule has 0 spiro atoms. The molecule has 4 rings (SSSR count). The van der Waals surface area contributed by atoms with Gasteiger partial charge in [0, 0.05) is 24.5 Å². The number of aryl methyl sites for hydroxylation is 1. The Morgan fingerprint density at radius 1 is 1.25 bits per heavy atom. The van der Waals surface area contributed by atoms with Crippen LogP contribution in [0.15, 0.2) is 60.9 Å². The maximum atomic E-state index is 12.6. The molecular formula is C19H17N3O2. The van der Waals surface area contributed by atoms with E-state index in [4.69, 9.17) is 4.74 Å². The maximum absolute atomic E-state index is 12.6. The predicted molar refractivity (Wildman–Crippen MR) is 91.5 cm³/mol. The fourth-order valence-electron chi connectivity index (χ4n) is 2.85. The molecule has 1 amide bonds. The molecule has 1 N–H and O–H groups in total. The molecular weight excluding hydrogens is 302 g/mol. The zero-order valence-corrected chi connectivity index (χ0v) is 13.3. The van der Waals surface area contributed by atoms with E-state index in [-0.39, 0.29) is 5.91 Å². The fraction of sp³-hybridized carbons (Fsp3) is 0.158. The van der Waals surface area contributed by atoms with Crippen LogP contribution in [0.25, 0.3) is 5.69 Å². The highest BCUT2D eigenvalue weighted by molar-refractivity contribution is 5.96. The monoisotopic (exact) mass is 319 g/mol. The number of fused-ring (bicyclic) bond motifs is 1. The van der Waals surface area contributed by atoms with Gasteiger partial charge in [-0.1, -0.05) is 24.3 Å². The van der Waals surface area contributed by atoms with Crippen LogP contribution in [0.5, 0.6) is 5.75 Å². The van der Waals surface area contributed by atoms with E-state index in [2.05, 4.69) is 10.4 Å². The Balaban J connectivity index is 1.53. The number of carbonyl (C=O) groups is 1. The number of ether oxygens (including phenoxy) is 1. The summed E-state index contributed by atoms with van der Waals surface area (Å²) in [7, 11) is 0. The summed E-state index contributed by atoms with van der Waals surface area (Å²) in [5.74, 6) is 0.659. The van der Waals surface area contributed by atoms with Crippen molar-refractivity contribution in [1.29, 1.82) is 0 Å². The van der Waals surface area contributed by atoms with E-state index >= 15 is 0 Å². The lowest BCUT2D eigenvalue weighted by molar-refractivity contribution is -0.122. The number of amides is 1. The van der Waals surface area contributed by atoms with Crippen LogP contribution in [0, 0.1) is 6.92 Å². The molecule has 0 saturated carbocycles. The average molecular weight is 319 g/mol. The molecule has 2 heterocycles. The summed E-state index contributed by atoms with van der Waals surface area (Å²) in [5.41, 5.74) is 3.73. The van der Waals surface area contributed by atoms with E-state index in [1.807, 2.05) is 61.7 Å². The minimum absolute atomic E-state index is 0.132. The van der Waals surface area contributed by atoms with Crippen molar-refractivity contribution in [2.24, 2.45) is 0 Å². The van der Waals surface area contributed by atoms with Crippen LogP contribution in [-0.2, 0) is 11.2 Å². The second-order valence-corrected chi connectivity index (χ2v) is 5.86. The van der Waals surface area contributed by atoms with E-state index in [9.17, 15) is 4.79 Å². The van der Waals surface area contributed by atoms with Gasteiger partial charge in [0.15, 0.2) is 6.10 Å². The minimum atomic E-state index is -0.491. The van der Waals surface area contributed by atoms with Crippen LogP contribution < -0.4 is 10.1 Å². The summed E-state index contributed by atoms with van der Waals surface area (Å²) < 4.78 is 7.51. The number of rotatable bonds is 3. The second kappa shape index (κ2) is 5.85. The largest absolute Gasteiger partial charge is 0.480 e. The lowest BCUT2D eigenvalue weighted by atomic mass is 10.1. The first-order valence-corrected chi connectivity index (χ1v) is 7.87. The van der Waals surface area contributed by atoms with Gasteiger partial charge in [0.1, 0.15) is 5.75 Å². The molecule has 1 aromatic heterocycles. The number of hydrogen-bond donors (Lipinski definition) is 1.